The van der Waals surface area contributed by atoms with Crippen molar-refractivity contribution in [3.8, 4) is 0 Å². The summed E-state index contributed by atoms with van der Waals surface area (Å²) in [5.74, 6) is 0.754. The van der Waals surface area contributed by atoms with E-state index in [4.69, 9.17) is 5.73 Å². The highest BCUT2D eigenvalue weighted by atomic mass is 16.2. The number of aromatic nitrogens is 2. The molecule has 1 aliphatic heterocycles. The number of nitrogens with two attached hydrogens (primary N) is 1. The number of hydrogen-bond acceptors (Lipinski definition) is 5. The van der Waals surface area contributed by atoms with Crippen LogP contribution in [-0.4, -0.2) is 47.0 Å². The lowest BCUT2D eigenvalue weighted by atomic mass is 10.2. The average Bonchev–Trinajstić information content (AvgIpc) is 2.29. The molecular formula is C10H15N5O. The van der Waals surface area contributed by atoms with Gasteiger partial charge in [0.1, 0.15) is 17.2 Å². The number of piperazine rings is 1. The van der Waals surface area contributed by atoms with Gasteiger partial charge in [-0.15, -0.1) is 0 Å². The van der Waals surface area contributed by atoms with Crippen molar-refractivity contribution >= 4 is 11.7 Å². The van der Waals surface area contributed by atoms with Crippen molar-refractivity contribution in [3.63, 3.8) is 0 Å². The van der Waals surface area contributed by atoms with Crippen molar-refractivity contribution in [2.24, 2.45) is 0 Å². The van der Waals surface area contributed by atoms with Gasteiger partial charge in [-0.05, 0) is 6.92 Å². The minimum Gasteiger partial charge on any atom is -0.383 e. The molecule has 1 aliphatic rings. The zero-order valence-electron chi connectivity index (χ0n) is 9.23. The molecular weight excluding hydrogens is 206 g/mol. The van der Waals surface area contributed by atoms with Gasteiger partial charge in [0.2, 0.25) is 0 Å². The highest BCUT2D eigenvalue weighted by Gasteiger charge is 2.20. The van der Waals surface area contributed by atoms with E-state index in [0.29, 0.717) is 24.5 Å². The molecule has 0 spiro atoms. The van der Waals surface area contributed by atoms with E-state index in [1.807, 2.05) is 0 Å². The molecule has 2 heterocycles. The predicted octanol–water partition coefficient (Wildman–Crippen LogP) is -0.587. The van der Waals surface area contributed by atoms with Crippen LogP contribution in [0.1, 0.15) is 16.2 Å². The summed E-state index contributed by atoms with van der Waals surface area (Å²) in [6.45, 7) is 4.78. The SMILES string of the molecule is Cc1ncc(C(=O)N2CCNCC2)c(N)n1. The van der Waals surface area contributed by atoms with Crippen molar-refractivity contribution in [1.29, 1.82) is 0 Å². The van der Waals surface area contributed by atoms with Gasteiger partial charge in [0.05, 0.1) is 0 Å². The van der Waals surface area contributed by atoms with Crippen molar-refractivity contribution < 1.29 is 4.79 Å². The first-order valence-electron chi connectivity index (χ1n) is 5.27. The number of carbonyl (C=O) groups excluding carboxylic acids is 1. The van der Waals surface area contributed by atoms with Gasteiger partial charge in [-0.2, -0.15) is 0 Å². The second-order valence-electron chi connectivity index (χ2n) is 3.76. The zero-order valence-corrected chi connectivity index (χ0v) is 9.23. The Morgan fingerprint density at radius 2 is 2.19 bits per heavy atom. The van der Waals surface area contributed by atoms with Crippen molar-refractivity contribution in [2.75, 3.05) is 31.9 Å². The molecule has 16 heavy (non-hydrogen) atoms. The predicted molar refractivity (Wildman–Crippen MR) is 60.0 cm³/mol. The first kappa shape index (κ1) is 10.8. The Bertz CT molecular complexity index is 400. The van der Waals surface area contributed by atoms with E-state index in [2.05, 4.69) is 15.3 Å². The molecule has 86 valence electrons. The quantitative estimate of drug-likeness (QED) is 0.662. The molecule has 1 fully saturated rings. The van der Waals surface area contributed by atoms with Crippen molar-refractivity contribution in [3.05, 3.63) is 17.6 Å². The third-order valence-electron chi connectivity index (χ3n) is 2.57. The molecule has 0 saturated carbocycles. The molecule has 1 aromatic rings. The minimum absolute atomic E-state index is 0.0843. The summed E-state index contributed by atoms with van der Waals surface area (Å²) in [5.41, 5.74) is 6.11. The summed E-state index contributed by atoms with van der Waals surface area (Å²) in [7, 11) is 0. The number of carbonyl (C=O) groups is 1. The normalized spacial score (nSPS) is 16.2. The van der Waals surface area contributed by atoms with E-state index in [-0.39, 0.29) is 11.7 Å². The van der Waals surface area contributed by atoms with Crippen LogP contribution in [0.2, 0.25) is 0 Å². The fraction of sp³-hybridized carbons (Fsp3) is 0.500. The molecule has 0 bridgehead atoms. The second kappa shape index (κ2) is 4.44. The number of rotatable bonds is 1. The molecule has 0 aliphatic carbocycles. The van der Waals surface area contributed by atoms with E-state index < -0.39 is 0 Å². The fourth-order valence-corrected chi connectivity index (χ4v) is 1.69. The van der Waals surface area contributed by atoms with Gasteiger partial charge in [0.25, 0.3) is 5.91 Å². The Morgan fingerprint density at radius 3 is 2.81 bits per heavy atom. The molecule has 6 nitrogen and oxygen atoms in total. The van der Waals surface area contributed by atoms with Gasteiger partial charge >= 0.3 is 0 Å². The van der Waals surface area contributed by atoms with Crippen LogP contribution in [0.3, 0.4) is 0 Å². The minimum atomic E-state index is -0.0843. The smallest absolute Gasteiger partial charge is 0.259 e. The standard InChI is InChI=1S/C10H15N5O/c1-7-13-6-8(9(11)14-7)10(16)15-4-2-12-3-5-15/h6,12H,2-5H2,1H3,(H2,11,13,14). The van der Waals surface area contributed by atoms with E-state index in [9.17, 15) is 4.79 Å². The lowest BCUT2D eigenvalue weighted by Crippen LogP contribution is -2.46. The molecule has 1 saturated heterocycles. The lowest BCUT2D eigenvalue weighted by Gasteiger charge is -2.27. The number of nitrogen functional groups attached to an aromatic ring is 1. The number of aryl methyl sites for hydroxylation is 1. The third kappa shape index (κ3) is 2.11. The summed E-state index contributed by atoms with van der Waals surface area (Å²) >= 11 is 0. The number of hydrogen-bond donors (Lipinski definition) is 2. The Labute approximate surface area is 93.9 Å². The second-order valence-corrected chi connectivity index (χ2v) is 3.76. The maximum atomic E-state index is 12.1. The Kier molecular flexibility index (Phi) is 3.00. The summed E-state index contributed by atoms with van der Waals surface area (Å²) < 4.78 is 0. The maximum absolute atomic E-state index is 12.1. The molecule has 2 rings (SSSR count). The van der Waals surface area contributed by atoms with Crippen LogP contribution >= 0.6 is 0 Å². The van der Waals surface area contributed by atoms with Gasteiger partial charge in [-0.25, -0.2) is 9.97 Å². The summed E-state index contributed by atoms with van der Waals surface area (Å²) in [5, 5.41) is 3.19. The van der Waals surface area contributed by atoms with E-state index in [1.54, 1.807) is 11.8 Å². The van der Waals surface area contributed by atoms with Gasteiger partial charge in [-0.3, -0.25) is 4.79 Å². The first-order chi connectivity index (χ1) is 7.68. The summed E-state index contributed by atoms with van der Waals surface area (Å²) in [4.78, 5) is 21.8. The van der Waals surface area contributed by atoms with E-state index >= 15 is 0 Å². The lowest BCUT2D eigenvalue weighted by molar-refractivity contribution is 0.0736. The molecule has 1 amide bonds. The first-order valence-corrected chi connectivity index (χ1v) is 5.27. The van der Waals surface area contributed by atoms with Crippen LogP contribution < -0.4 is 11.1 Å². The van der Waals surface area contributed by atoms with E-state index in [0.717, 1.165) is 13.1 Å². The highest BCUT2D eigenvalue weighted by molar-refractivity contribution is 5.98. The fourth-order valence-electron chi connectivity index (χ4n) is 1.69. The van der Waals surface area contributed by atoms with Crippen LogP contribution in [0.5, 0.6) is 0 Å². The van der Waals surface area contributed by atoms with Crippen molar-refractivity contribution in [2.45, 2.75) is 6.92 Å². The van der Waals surface area contributed by atoms with Crippen LogP contribution in [0, 0.1) is 6.92 Å². The van der Waals surface area contributed by atoms with Crippen LogP contribution in [-0.2, 0) is 0 Å². The molecule has 1 aromatic heterocycles. The number of anilines is 1. The maximum Gasteiger partial charge on any atom is 0.259 e. The third-order valence-corrected chi connectivity index (χ3v) is 2.57. The molecule has 0 aromatic carbocycles. The number of amides is 1. The van der Waals surface area contributed by atoms with Gasteiger partial charge in [0, 0.05) is 32.4 Å². The highest BCUT2D eigenvalue weighted by Crippen LogP contribution is 2.11. The number of nitrogens with one attached hydrogen (secondary N) is 1. The number of nitrogens with zero attached hydrogens (tertiary/aromatic N) is 3. The average molecular weight is 221 g/mol. The molecule has 0 atom stereocenters. The van der Waals surface area contributed by atoms with Crippen LogP contribution in [0.15, 0.2) is 6.20 Å². The molecule has 0 radical (unpaired) electrons. The summed E-state index contributed by atoms with van der Waals surface area (Å²) in [6, 6.07) is 0. The van der Waals surface area contributed by atoms with Gasteiger partial charge < -0.3 is 16.0 Å². The monoisotopic (exact) mass is 221 g/mol. The van der Waals surface area contributed by atoms with Gasteiger partial charge in [0.15, 0.2) is 0 Å². The Hall–Kier alpha value is -1.69. The largest absolute Gasteiger partial charge is 0.383 e. The summed E-state index contributed by atoms with van der Waals surface area (Å²) in [6.07, 6.45) is 1.50. The Balaban J connectivity index is 2.19. The van der Waals surface area contributed by atoms with Crippen LogP contribution in [0.4, 0.5) is 5.82 Å². The van der Waals surface area contributed by atoms with Gasteiger partial charge in [-0.1, -0.05) is 0 Å². The molecule has 0 unspecified atom stereocenters. The van der Waals surface area contributed by atoms with E-state index in [1.165, 1.54) is 6.20 Å². The van der Waals surface area contributed by atoms with Crippen LogP contribution in [0.25, 0.3) is 0 Å². The molecule has 3 N–H and O–H groups in total. The Morgan fingerprint density at radius 1 is 1.50 bits per heavy atom. The zero-order chi connectivity index (χ0) is 11.5. The molecule has 6 heteroatoms. The topological polar surface area (TPSA) is 84.1 Å². The van der Waals surface area contributed by atoms with Crippen molar-refractivity contribution in [1.82, 2.24) is 20.2 Å².